The Morgan fingerprint density at radius 2 is 1.73 bits per heavy atom. The molecule has 6 aromatic rings. The van der Waals surface area contributed by atoms with E-state index in [1.165, 1.54) is 39.9 Å². The summed E-state index contributed by atoms with van der Waals surface area (Å²) in [5.74, 6) is -1.11. The number of alkyl halides is 6. The van der Waals surface area contributed by atoms with Crippen molar-refractivity contribution < 1.29 is 41.0 Å². The molecule has 7 rings (SSSR count). The molecule has 1 aliphatic heterocycles. The van der Waals surface area contributed by atoms with Gasteiger partial charge >= 0.3 is 18.0 Å². The first-order chi connectivity index (χ1) is 26.5. The molecule has 0 unspecified atom stereocenters. The molecular weight excluding hydrogens is 814 g/mol. The minimum absolute atomic E-state index is 0.0580. The largest absolute Gasteiger partial charge is 0.417 e. The van der Waals surface area contributed by atoms with E-state index in [0.29, 0.717) is 17.0 Å². The molecule has 12 nitrogen and oxygen atoms in total. The van der Waals surface area contributed by atoms with Crippen LogP contribution in [0.25, 0.3) is 28.0 Å². The molecular formula is C37H29BrF6N8O4. The predicted molar refractivity (Wildman–Crippen MR) is 192 cm³/mol. The van der Waals surface area contributed by atoms with Crippen molar-refractivity contribution in [3.63, 3.8) is 0 Å². The molecule has 2 amide bonds. The van der Waals surface area contributed by atoms with Gasteiger partial charge in [0.25, 0.3) is 11.8 Å². The number of carbonyl (C=O) groups is 2. The van der Waals surface area contributed by atoms with Gasteiger partial charge in [0, 0.05) is 52.5 Å². The average Bonchev–Trinajstić information content (AvgIpc) is 3.69. The maximum absolute atomic E-state index is 14.3. The van der Waals surface area contributed by atoms with Crippen molar-refractivity contribution in [1.82, 2.24) is 39.1 Å². The first kappa shape index (κ1) is 38.5. The zero-order valence-electron chi connectivity index (χ0n) is 29.0. The number of carbonyl (C=O) groups excluding carboxylic acids is 2. The van der Waals surface area contributed by atoms with Crippen LogP contribution in [0.3, 0.4) is 0 Å². The van der Waals surface area contributed by atoms with Crippen LogP contribution in [0.5, 0.6) is 0 Å². The van der Waals surface area contributed by atoms with Gasteiger partial charge in [-0.05, 0) is 55.0 Å². The number of hydrogen-bond donors (Lipinski definition) is 2. The Hall–Kier alpha value is -5.82. The van der Waals surface area contributed by atoms with Crippen LogP contribution >= 0.6 is 15.9 Å². The van der Waals surface area contributed by atoms with Gasteiger partial charge in [-0.1, -0.05) is 40.2 Å². The number of aliphatic hydroxyl groups is 1. The topological polar surface area (TPSA) is 140 Å². The molecule has 0 aliphatic carbocycles. The van der Waals surface area contributed by atoms with Crippen molar-refractivity contribution in [2.24, 2.45) is 0 Å². The molecule has 4 heterocycles. The van der Waals surface area contributed by atoms with E-state index in [4.69, 9.17) is 0 Å². The summed E-state index contributed by atoms with van der Waals surface area (Å²) in [5, 5.41) is 16.7. The fourth-order valence-electron chi connectivity index (χ4n) is 6.62. The van der Waals surface area contributed by atoms with Crippen LogP contribution in [0.1, 0.15) is 44.6 Å². The van der Waals surface area contributed by atoms with Crippen molar-refractivity contribution in [2.45, 2.75) is 57.6 Å². The molecule has 2 atom stereocenters. The van der Waals surface area contributed by atoms with Gasteiger partial charge < -0.3 is 15.3 Å². The van der Waals surface area contributed by atoms with Crippen molar-refractivity contribution in [2.75, 3.05) is 0 Å². The Morgan fingerprint density at radius 3 is 2.45 bits per heavy atom. The van der Waals surface area contributed by atoms with Gasteiger partial charge in [-0.3, -0.25) is 23.4 Å². The van der Waals surface area contributed by atoms with Gasteiger partial charge in [0.2, 0.25) is 0 Å². The molecule has 2 N–H and O–H groups in total. The maximum Gasteiger partial charge on any atom is 0.417 e. The second-order valence-electron chi connectivity index (χ2n) is 13.0. The number of nitrogens with zero attached hydrogens (tertiary/aromatic N) is 7. The summed E-state index contributed by atoms with van der Waals surface area (Å²) in [4.78, 5) is 52.3. The van der Waals surface area contributed by atoms with Crippen LogP contribution in [0.4, 0.5) is 26.3 Å². The van der Waals surface area contributed by atoms with E-state index in [-0.39, 0.29) is 57.6 Å². The van der Waals surface area contributed by atoms with Crippen LogP contribution in [0.15, 0.2) is 94.6 Å². The molecule has 0 radical (unpaired) electrons. The average molecular weight is 844 g/mol. The number of aromatic nitrogens is 6. The molecule has 0 saturated heterocycles. The van der Waals surface area contributed by atoms with Gasteiger partial charge in [-0.25, -0.2) is 14.8 Å². The van der Waals surface area contributed by atoms with Crippen LogP contribution in [-0.2, 0) is 32.4 Å². The van der Waals surface area contributed by atoms with Crippen molar-refractivity contribution in [1.29, 1.82) is 0 Å². The standard InChI is InChI=1S/C37H29BrF6N8O4/c1-20-17-50-29(18-49(20)34(55)21-7-9-27(38)26(14-21)36(39,40)41)31(33(54)47-15-22-5-2-3-6-25(22)32-45-11-4-12-46-32)52(35(50)56)24-8-10-28-23(13-24)16-48-51(28)19-30(53)37(42,43)44/h2-14,16,20,30,53H,15,17-19H2,1H3,(H,47,54)/t20-,30+/m0/s1. The molecule has 0 bridgehead atoms. The third-order valence-corrected chi connectivity index (χ3v) is 10.1. The number of nitrogens with one attached hydrogen (secondary N) is 1. The van der Waals surface area contributed by atoms with E-state index in [2.05, 4.69) is 36.3 Å². The molecule has 19 heteroatoms. The van der Waals surface area contributed by atoms with Gasteiger partial charge in [-0.15, -0.1) is 0 Å². The number of halogens is 7. The van der Waals surface area contributed by atoms with E-state index in [9.17, 15) is 45.8 Å². The molecule has 0 saturated carbocycles. The van der Waals surface area contributed by atoms with Gasteiger partial charge in [0.1, 0.15) is 5.69 Å². The fourth-order valence-corrected chi connectivity index (χ4v) is 7.09. The maximum atomic E-state index is 14.3. The molecule has 290 valence electrons. The number of rotatable bonds is 8. The number of benzene rings is 3. The molecule has 3 aromatic carbocycles. The Balaban J connectivity index is 1.30. The summed E-state index contributed by atoms with van der Waals surface area (Å²) in [6.07, 6.45) is -7.96. The van der Waals surface area contributed by atoms with E-state index in [1.807, 2.05) is 0 Å². The van der Waals surface area contributed by atoms with E-state index >= 15 is 0 Å². The van der Waals surface area contributed by atoms with Crippen molar-refractivity contribution in [3.8, 4) is 17.1 Å². The fraction of sp³-hybridized carbons (Fsp3) is 0.243. The highest BCUT2D eigenvalue weighted by Gasteiger charge is 2.40. The number of amides is 2. The lowest BCUT2D eigenvalue weighted by Gasteiger charge is -2.34. The van der Waals surface area contributed by atoms with Gasteiger partial charge in [0.15, 0.2) is 11.9 Å². The highest BCUT2D eigenvalue weighted by atomic mass is 79.9. The smallest absolute Gasteiger partial charge is 0.382 e. The number of hydrogen-bond acceptors (Lipinski definition) is 7. The lowest BCUT2D eigenvalue weighted by Crippen LogP contribution is -2.47. The van der Waals surface area contributed by atoms with Gasteiger partial charge in [-0.2, -0.15) is 31.4 Å². The second-order valence-corrected chi connectivity index (χ2v) is 13.9. The molecule has 3 aromatic heterocycles. The van der Waals surface area contributed by atoms with E-state index in [1.54, 1.807) is 49.6 Å². The minimum atomic E-state index is -4.89. The minimum Gasteiger partial charge on any atom is -0.382 e. The first-order valence-electron chi connectivity index (χ1n) is 16.9. The summed E-state index contributed by atoms with van der Waals surface area (Å²) in [6.45, 7) is 0.205. The first-order valence-corrected chi connectivity index (χ1v) is 17.7. The Bertz CT molecular complexity index is 2530. The monoisotopic (exact) mass is 842 g/mol. The number of fused-ring (bicyclic) bond motifs is 2. The van der Waals surface area contributed by atoms with E-state index in [0.717, 1.165) is 21.4 Å². The van der Waals surface area contributed by atoms with Crippen molar-refractivity contribution in [3.05, 3.63) is 128 Å². The van der Waals surface area contributed by atoms with E-state index < -0.39 is 54.1 Å². The highest BCUT2D eigenvalue weighted by Crippen LogP contribution is 2.36. The summed E-state index contributed by atoms with van der Waals surface area (Å²) in [7, 11) is 0. The summed E-state index contributed by atoms with van der Waals surface area (Å²) in [6, 6.07) is 15.3. The predicted octanol–water partition coefficient (Wildman–Crippen LogP) is 6.12. The SMILES string of the molecule is C[C@H]1Cn2c(c(C(=O)NCc3ccccc3-c3ncccn3)n(-c3ccc4c(cnn4C[C@@H](O)C(F)(F)F)c3)c2=O)CN1C(=O)c1ccc(Br)c(C(F)(F)F)c1. The highest BCUT2D eigenvalue weighted by molar-refractivity contribution is 9.10. The Morgan fingerprint density at radius 1 is 1.00 bits per heavy atom. The molecule has 0 fully saturated rings. The number of imidazole rings is 1. The Kier molecular flexibility index (Phi) is 10.1. The summed E-state index contributed by atoms with van der Waals surface area (Å²) >= 11 is 2.89. The quantitative estimate of drug-likeness (QED) is 0.176. The van der Waals surface area contributed by atoms with Crippen LogP contribution in [0, 0.1) is 0 Å². The van der Waals surface area contributed by atoms with Crippen LogP contribution < -0.4 is 11.0 Å². The number of aliphatic hydroxyl groups excluding tert-OH is 1. The van der Waals surface area contributed by atoms with Gasteiger partial charge in [0.05, 0.1) is 41.7 Å². The summed E-state index contributed by atoms with van der Waals surface area (Å²) in [5.41, 5.74) is -0.476. The third kappa shape index (κ3) is 7.30. The third-order valence-electron chi connectivity index (χ3n) is 9.41. The summed E-state index contributed by atoms with van der Waals surface area (Å²) < 4.78 is 83.8. The lowest BCUT2D eigenvalue weighted by atomic mass is 10.1. The molecule has 0 spiro atoms. The van der Waals surface area contributed by atoms with Crippen LogP contribution in [-0.4, -0.2) is 69.0 Å². The Labute approximate surface area is 321 Å². The second kappa shape index (κ2) is 14.7. The normalized spacial score (nSPS) is 15.2. The zero-order chi connectivity index (χ0) is 40.1. The van der Waals surface area contributed by atoms with Crippen LogP contribution in [0.2, 0.25) is 0 Å². The zero-order valence-corrected chi connectivity index (χ0v) is 30.6. The lowest BCUT2D eigenvalue weighted by molar-refractivity contribution is -0.207. The molecule has 1 aliphatic rings. The van der Waals surface area contributed by atoms with Crippen molar-refractivity contribution >= 4 is 38.6 Å². The molecule has 56 heavy (non-hydrogen) atoms.